The Morgan fingerprint density at radius 2 is 1.92 bits per heavy atom. The molecule has 0 spiro atoms. The van der Waals surface area contributed by atoms with E-state index >= 15 is 0 Å². The van der Waals surface area contributed by atoms with E-state index < -0.39 is 0 Å². The molecule has 2 N–H and O–H groups in total. The molecule has 24 heavy (non-hydrogen) atoms. The van der Waals surface area contributed by atoms with Gasteiger partial charge in [-0.2, -0.15) is 0 Å². The molecular formula is C19H30N4O. The third kappa shape index (κ3) is 4.05. The van der Waals surface area contributed by atoms with Crippen molar-refractivity contribution >= 4 is 11.7 Å². The first-order valence-electron chi connectivity index (χ1n) is 9.46. The fourth-order valence-corrected chi connectivity index (χ4v) is 3.99. The van der Waals surface area contributed by atoms with Gasteiger partial charge in [-0.3, -0.25) is 4.79 Å². The lowest BCUT2D eigenvalue weighted by Gasteiger charge is -2.31. The Labute approximate surface area is 145 Å². The van der Waals surface area contributed by atoms with Crippen molar-refractivity contribution in [2.75, 3.05) is 5.32 Å². The van der Waals surface area contributed by atoms with E-state index in [0.29, 0.717) is 6.04 Å². The highest BCUT2D eigenvalue weighted by Gasteiger charge is 2.28. The monoisotopic (exact) mass is 330 g/mol. The van der Waals surface area contributed by atoms with Gasteiger partial charge in [-0.1, -0.05) is 6.42 Å². The molecule has 0 aliphatic heterocycles. The Balaban J connectivity index is 1.70. The van der Waals surface area contributed by atoms with Crippen molar-refractivity contribution in [3.63, 3.8) is 0 Å². The van der Waals surface area contributed by atoms with Crippen LogP contribution in [0.5, 0.6) is 0 Å². The number of rotatable bonds is 4. The maximum atomic E-state index is 12.3. The highest BCUT2D eigenvalue weighted by molar-refractivity contribution is 5.79. The van der Waals surface area contributed by atoms with Crippen LogP contribution in [0.2, 0.25) is 0 Å². The van der Waals surface area contributed by atoms with E-state index in [0.717, 1.165) is 50.2 Å². The smallest absolute Gasteiger partial charge is 0.223 e. The minimum absolute atomic E-state index is 0.123. The number of anilines is 1. The summed E-state index contributed by atoms with van der Waals surface area (Å²) in [6.07, 6.45) is 8.69. The molecule has 0 bridgehead atoms. The number of hydrogen-bond donors (Lipinski definition) is 2. The molecule has 2 aliphatic rings. The van der Waals surface area contributed by atoms with E-state index in [1.54, 1.807) is 0 Å². The maximum absolute atomic E-state index is 12.3. The molecule has 1 fully saturated rings. The molecule has 5 heteroatoms. The van der Waals surface area contributed by atoms with Gasteiger partial charge in [0.1, 0.15) is 11.6 Å². The van der Waals surface area contributed by atoms with Gasteiger partial charge in [0.15, 0.2) is 0 Å². The molecule has 1 saturated carbocycles. The lowest BCUT2D eigenvalue weighted by atomic mass is 9.84. The molecule has 1 heterocycles. The van der Waals surface area contributed by atoms with Crippen LogP contribution in [0, 0.1) is 12.8 Å². The van der Waals surface area contributed by atoms with E-state index in [1.165, 1.54) is 24.1 Å². The summed E-state index contributed by atoms with van der Waals surface area (Å²) in [4.78, 5) is 21.6. The lowest BCUT2D eigenvalue weighted by molar-refractivity contribution is -0.126. The number of nitrogens with one attached hydrogen (secondary N) is 2. The largest absolute Gasteiger partial charge is 0.367 e. The Bertz CT molecular complexity index is 599. The van der Waals surface area contributed by atoms with E-state index in [4.69, 9.17) is 0 Å². The fourth-order valence-electron chi connectivity index (χ4n) is 3.99. The molecule has 0 radical (unpaired) electrons. The maximum Gasteiger partial charge on any atom is 0.223 e. The van der Waals surface area contributed by atoms with Gasteiger partial charge in [0.05, 0.1) is 0 Å². The first-order valence-corrected chi connectivity index (χ1v) is 9.46. The quantitative estimate of drug-likeness (QED) is 0.890. The van der Waals surface area contributed by atoms with Gasteiger partial charge >= 0.3 is 0 Å². The van der Waals surface area contributed by atoms with Crippen LogP contribution in [0.1, 0.15) is 69.5 Å². The van der Waals surface area contributed by atoms with Gasteiger partial charge in [-0.05, 0) is 65.7 Å². The van der Waals surface area contributed by atoms with Crippen LogP contribution in [0.25, 0.3) is 0 Å². The zero-order chi connectivity index (χ0) is 17.1. The standard InChI is InChI=1S/C19H30N4O/c1-12(2)20-19(24)14-7-6-8-15(11-14)23-18-16-9-4-5-10-17(16)21-13(3)22-18/h12,14-15H,4-11H2,1-3H3,(H,20,24)(H,21,22,23). The summed E-state index contributed by atoms with van der Waals surface area (Å²) in [5, 5.41) is 6.72. The number of fused-ring (bicyclic) bond motifs is 1. The van der Waals surface area contributed by atoms with Crippen LogP contribution in [-0.2, 0) is 17.6 Å². The normalized spacial score (nSPS) is 23.7. The van der Waals surface area contributed by atoms with Crippen LogP contribution in [-0.4, -0.2) is 28.0 Å². The van der Waals surface area contributed by atoms with Gasteiger partial charge in [-0.25, -0.2) is 9.97 Å². The Kier molecular flexibility index (Phi) is 5.36. The number of hydrogen-bond acceptors (Lipinski definition) is 4. The third-order valence-electron chi connectivity index (χ3n) is 5.11. The minimum atomic E-state index is 0.123. The number of aromatic nitrogens is 2. The van der Waals surface area contributed by atoms with Gasteiger partial charge in [0, 0.05) is 29.3 Å². The van der Waals surface area contributed by atoms with E-state index in [1.807, 2.05) is 20.8 Å². The second-order valence-corrected chi connectivity index (χ2v) is 7.62. The number of carbonyl (C=O) groups is 1. The summed E-state index contributed by atoms with van der Waals surface area (Å²) < 4.78 is 0. The van der Waals surface area contributed by atoms with Crippen molar-refractivity contribution in [3.05, 3.63) is 17.1 Å². The molecular weight excluding hydrogens is 300 g/mol. The van der Waals surface area contributed by atoms with Gasteiger partial charge in [-0.15, -0.1) is 0 Å². The summed E-state index contributed by atoms with van der Waals surface area (Å²) in [7, 11) is 0. The van der Waals surface area contributed by atoms with Gasteiger partial charge in [0.25, 0.3) is 0 Å². The summed E-state index contributed by atoms with van der Waals surface area (Å²) in [5.41, 5.74) is 2.53. The predicted octanol–water partition coefficient (Wildman–Crippen LogP) is 3.16. The predicted molar refractivity (Wildman–Crippen MR) is 96.1 cm³/mol. The molecule has 0 saturated heterocycles. The molecule has 1 amide bonds. The van der Waals surface area contributed by atoms with Crippen LogP contribution >= 0.6 is 0 Å². The van der Waals surface area contributed by atoms with E-state index in [2.05, 4.69) is 20.6 Å². The number of nitrogens with zero attached hydrogens (tertiary/aromatic N) is 2. The zero-order valence-corrected chi connectivity index (χ0v) is 15.2. The fraction of sp³-hybridized carbons (Fsp3) is 0.737. The van der Waals surface area contributed by atoms with Crippen molar-refractivity contribution in [2.24, 2.45) is 5.92 Å². The molecule has 132 valence electrons. The zero-order valence-electron chi connectivity index (χ0n) is 15.2. The van der Waals surface area contributed by atoms with Crippen LogP contribution in [0.4, 0.5) is 5.82 Å². The van der Waals surface area contributed by atoms with Crippen molar-refractivity contribution in [1.29, 1.82) is 0 Å². The highest BCUT2D eigenvalue weighted by Crippen LogP contribution is 2.30. The summed E-state index contributed by atoms with van der Waals surface area (Å²) >= 11 is 0. The minimum Gasteiger partial charge on any atom is -0.367 e. The van der Waals surface area contributed by atoms with Gasteiger partial charge in [0.2, 0.25) is 5.91 Å². The Hall–Kier alpha value is -1.65. The summed E-state index contributed by atoms with van der Waals surface area (Å²) in [6, 6.07) is 0.546. The highest BCUT2D eigenvalue weighted by atomic mass is 16.1. The van der Waals surface area contributed by atoms with Crippen molar-refractivity contribution in [1.82, 2.24) is 15.3 Å². The van der Waals surface area contributed by atoms with Crippen molar-refractivity contribution < 1.29 is 4.79 Å². The van der Waals surface area contributed by atoms with Crippen molar-refractivity contribution in [2.45, 2.75) is 84.2 Å². The van der Waals surface area contributed by atoms with E-state index in [-0.39, 0.29) is 17.9 Å². The molecule has 1 aromatic heterocycles. The number of aryl methyl sites for hydroxylation is 2. The summed E-state index contributed by atoms with van der Waals surface area (Å²) in [5.74, 6) is 2.20. The molecule has 3 rings (SSSR count). The second kappa shape index (κ2) is 7.49. The van der Waals surface area contributed by atoms with Crippen LogP contribution in [0.3, 0.4) is 0 Å². The second-order valence-electron chi connectivity index (χ2n) is 7.62. The molecule has 2 unspecified atom stereocenters. The Morgan fingerprint density at radius 1 is 1.12 bits per heavy atom. The topological polar surface area (TPSA) is 66.9 Å². The van der Waals surface area contributed by atoms with Crippen molar-refractivity contribution in [3.8, 4) is 0 Å². The van der Waals surface area contributed by atoms with E-state index in [9.17, 15) is 4.79 Å². The molecule has 2 atom stereocenters. The SMILES string of the molecule is Cc1nc2c(c(NC3CCCC(C(=O)NC(C)C)C3)n1)CCCC2. The van der Waals surface area contributed by atoms with Gasteiger partial charge < -0.3 is 10.6 Å². The lowest BCUT2D eigenvalue weighted by Crippen LogP contribution is -2.40. The third-order valence-corrected chi connectivity index (χ3v) is 5.11. The average molecular weight is 330 g/mol. The Morgan fingerprint density at radius 3 is 2.71 bits per heavy atom. The molecule has 1 aromatic rings. The first-order chi connectivity index (χ1) is 11.5. The van der Waals surface area contributed by atoms with Crippen LogP contribution in [0.15, 0.2) is 0 Å². The summed E-state index contributed by atoms with van der Waals surface area (Å²) in [6.45, 7) is 6.01. The molecule has 2 aliphatic carbocycles. The molecule has 5 nitrogen and oxygen atoms in total. The first kappa shape index (κ1) is 17.2. The van der Waals surface area contributed by atoms with Crippen LogP contribution < -0.4 is 10.6 Å². The number of carbonyl (C=O) groups excluding carboxylic acids is 1. The molecule has 0 aromatic carbocycles. The average Bonchev–Trinajstić information content (AvgIpc) is 2.54. The number of amides is 1.